The molecule has 3 aliphatic rings. The van der Waals surface area contributed by atoms with E-state index >= 15 is 0 Å². The van der Waals surface area contributed by atoms with Gasteiger partial charge in [0.2, 0.25) is 10.0 Å². The molecule has 2 bridgehead atoms. The fourth-order valence-corrected chi connectivity index (χ4v) is 7.27. The maximum atomic E-state index is 13.1. The van der Waals surface area contributed by atoms with Gasteiger partial charge in [-0.1, -0.05) is 35.8 Å². The molecule has 2 fully saturated rings. The quantitative estimate of drug-likeness (QED) is 0.770. The van der Waals surface area contributed by atoms with Crippen molar-refractivity contribution in [2.45, 2.75) is 76.3 Å². The summed E-state index contributed by atoms with van der Waals surface area (Å²) in [6.07, 6.45) is 4.86. The molecular formula is C22H31NO3S. The molecule has 5 heteroatoms. The zero-order valence-corrected chi connectivity index (χ0v) is 17.6. The van der Waals surface area contributed by atoms with Crippen molar-refractivity contribution in [1.82, 2.24) is 4.72 Å². The van der Waals surface area contributed by atoms with Crippen LogP contribution in [0.25, 0.3) is 0 Å². The monoisotopic (exact) mass is 389 g/mol. The number of aliphatic hydroxyl groups is 1. The summed E-state index contributed by atoms with van der Waals surface area (Å²) in [5.74, 6) is 0.520. The number of aryl methyl sites for hydroxylation is 1. The average Bonchev–Trinajstić information content (AvgIpc) is 2.92. The predicted octanol–water partition coefficient (Wildman–Crippen LogP) is 3.94. The highest BCUT2D eigenvalue weighted by atomic mass is 32.2. The number of nitrogens with one attached hydrogen (secondary N) is 1. The van der Waals surface area contributed by atoms with Gasteiger partial charge in [-0.15, -0.1) is 0 Å². The summed E-state index contributed by atoms with van der Waals surface area (Å²) in [4.78, 5) is 0.290. The second-order valence-corrected chi connectivity index (χ2v) is 11.1. The van der Waals surface area contributed by atoms with Gasteiger partial charge in [0.15, 0.2) is 0 Å². The topological polar surface area (TPSA) is 66.4 Å². The molecule has 0 heterocycles. The first-order valence-electron chi connectivity index (χ1n) is 10.1. The van der Waals surface area contributed by atoms with Crippen LogP contribution in [-0.4, -0.2) is 25.2 Å². The van der Waals surface area contributed by atoms with Gasteiger partial charge in [-0.3, -0.25) is 0 Å². The Kier molecular flexibility index (Phi) is 4.37. The molecule has 1 aromatic rings. The maximum absolute atomic E-state index is 13.1. The summed E-state index contributed by atoms with van der Waals surface area (Å²) in [5.41, 5.74) is 2.96. The van der Waals surface area contributed by atoms with E-state index in [0.29, 0.717) is 5.92 Å². The minimum atomic E-state index is -3.64. The van der Waals surface area contributed by atoms with Gasteiger partial charge in [0.25, 0.3) is 0 Å². The van der Waals surface area contributed by atoms with Crippen LogP contribution in [0, 0.1) is 24.2 Å². The van der Waals surface area contributed by atoms with Crippen LogP contribution in [0.2, 0.25) is 0 Å². The predicted molar refractivity (Wildman–Crippen MR) is 107 cm³/mol. The van der Waals surface area contributed by atoms with E-state index < -0.39 is 15.6 Å². The van der Waals surface area contributed by atoms with E-state index in [1.54, 1.807) is 12.1 Å². The van der Waals surface area contributed by atoms with Gasteiger partial charge in [-0.2, -0.15) is 0 Å². The van der Waals surface area contributed by atoms with Crippen molar-refractivity contribution in [3.63, 3.8) is 0 Å². The van der Waals surface area contributed by atoms with Crippen LogP contribution in [0.1, 0.15) is 58.4 Å². The first kappa shape index (κ1) is 19.2. The second-order valence-electron chi connectivity index (χ2n) is 9.34. The van der Waals surface area contributed by atoms with Gasteiger partial charge in [0.1, 0.15) is 0 Å². The van der Waals surface area contributed by atoms with E-state index in [-0.39, 0.29) is 22.3 Å². The normalized spacial score (nSPS) is 38.8. The maximum Gasteiger partial charge on any atom is 0.241 e. The standard InChI is InChI=1S/C22H31NO3S/c1-14-5-8-17(9-6-14)27(25,26)23-20-16(3)18-10-7-15(2)22(18)12-11-21(4,24)19(20)13-22/h5-6,8-9,15,19-20,23-24H,7,10-13H2,1-4H3/t15-,19-,20-,21-,22+/m1/s1. The highest BCUT2D eigenvalue weighted by Crippen LogP contribution is 2.63. The number of hydrogen-bond donors (Lipinski definition) is 2. The van der Waals surface area contributed by atoms with E-state index in [4.69, 9.17) is 0 Å². The Morgan fingerprint density at radius 3 is 2.48 bits per heavy atom. The third-order valence-corrected chi connectivity index (χ3v) is 9.25. The number of fused-ring (bicyclic) bond motifs is 1. The minimum absolute atomic E-state index is 0.0872. The first-order chi connectivity index (χ1) is 12.6. The lowest BCUT2D eigenvalue weighted by atomic mass is 9.53. The van der Waals surface area contributed by atoms with Crippen LogP contribution in [0.3, 0.4) is 0 Å². The molecule has 2 N–H and O–H groups in total. The lowest BCUT2D eigenvalue weighted by Crippen LogP contribution is -2.58. The molecule has 27 heavy (non-hydrogen) atoms. The van der Waals surface area contributed by atoms with Gasteiger partial charge in [-0.05, 0) is 76.3 Å². The van der Waals surface area contributed by atoms with Gasteiger partial charge in [-0.25, -0.2) is 13.1 Å². The Balaban J connectivity index is 1.75. The SMILES string of the molecule is CC1=C2CC[C@@H](C)[C@@]23CC[C@@](C)(O)[C@H](C3)[C@@H]1NS(=O)(=O)c1ccc(C)cc1. The zero-order valence-electron chi connectivity index (χ0n) is 16.7. The molecule has 1 aromatic carbocycles. The molecule has 5 atom stereocenters. The Hall–Kier alpha value is -1.17. The smallest absolute Gasteiger partial charge is 0.241 e. The second kappa shape index (κ2) is 6.16. The highest BCUT2D eigenvalue weighted by molar-refractivity contribution is 7.89. The third kappa shape index (κ3) is 2.90. The summed E-state index contributed by atoms with van der Waals surface area (Å²) in [5, 5.41) is 11.1. The number of hydrogen-bond acceptors (Lipinski definition) is 3. The molecule has 1 spiro atoms. The molecule has 0 unspecified atom stereocenters. The van der Waals surface area contributed by atoms with Crippen molar-refractivity contribution in [3.05, 3.63) is 41.0 Å². The van der Waals surface area contributed by atoms with E-state index in [9.17, 15) is 13.5 Å². The highest BCUT2D eigenvalue weighted by Gasteiger charge is 2.58. The van der Waals surface area contributed by atoms with Gasteiger partial charge in [0, 0.05) is 12.0 Å². The molecular weight excluding hydrogens is 358 g/mol. The Labute approximate surface area is 163 Å². The Morgan fingerprint density at radius 2 is 1.81 bits per heavy atom. The molecule has 4 nitrogen and oxygen atoms in total. The summed E-state index contributed by atoms with van der Waals surface area (Å²) in [6.45, 7) is 8.24. The van der Waals surface area contributed by atoms with Crippen LogP contribution in [0.5, 0.6) is 0 Å². The number of benzene rings is 1. The van der Waals surface area contributed by atoms with E-state index in [2.05, 4.69) is 18.6 Å². The van der Waals surface area contributed by atoms with E-state index in [1.165, 1.54) is 12.0 Å². The van der Waals surface area contributed by atoms with Gasteiger partial charge < -0.3 is 5.11 Å². The van der Waals surface area contributed by atoms with Crippen LogP contribution in [-0.2, 0) is 10.0 Å². The van der Waals surface area contributed by atoms with Gasteiger partial charge in [0.05, 0.1) is 10.5 Å². The first-order valence-corrected chi connectivity index (χ1v) is 11.6. The fraction of sp³-hybridized carbons (Fsp3) is 0.636. The van der Waals surface area contributed by atoms with Crippen LogP contribution in [0.4, 0.5) is 0 Å². The Morgan fingerprint density at radius 1 is 1.15 bits per heavy atom. The lowest BCUT2D eigenvalue weighted by Gasteiger charge is -2.55. The molecule has 0 saturated heterocycles. The zero-order chi connectivity index (χ0) is 19.6. The molecule has 4 rings (SSSR count). The van der Waals surface area contributed by atoms with Crippen molar-refractivity contribution >= 4 is 10.0 Å². The molecule has 0 aliphatic heterocycles. The van der Waals surface area contributed by atoms with Crippen LogP contribution >= 0.6 is 0 Å². The molecule has 3 aliphatic carbocycles. The number of rotatable bonds is 3. The van der Waals surface area contributed by atoms with Crippen molar-refractivity contribution < 1.29 is 13.5 Å². The average molecular weight is 390 g/mol. The number of sulfonamides is 1. The molecule has 148 valence electrons. The fourth-order valence-electron chi connectivity index (χ4n) is 5.96. The Bertz CT molecular complexity index is 885. The molecule has 0 amide bonds. The van der Waals surface area contributed by atoms with Crippen molar-refractivity contribution in [3.8, 4) is 0 Å². The van der Waals surface area contributed by atoms with Crippen molar-refractivity contribution in [2.24, 2.45) is 17.3 Å². The largest absolute Gasteiger partial charge is 0.390 e. The van der Waals surface area contributed by atoms with Gasteiger partial charge >= 0.3 is 0 Å². The summed E-state index contributed by atoms with van der Waals surface area (Å²) in [7, 11) is -3.64. The summed E-state index contributed by atoms with van der Waals surface area (Å²) in [6, 6.07) is 6.62. The van der Waals surface area contributed by atoms with Crippen molar-refractivity contribution in [1.29, 1.82) is 0 Å². The molecule has 2 saturated carbocycles. The van der Waals surface area contributed by atoms with Crippen LogP contribution < -0.4 is 4.72 Å². The third-order valence-electron chi connectivity index (χ3n) is 7.79. The summed E-state index contributed by atoms with van der Waals surface area (Å²) < 4.78 is 29.1. The van der Waals surface area contributed by atoms with Crippen molar-refractivity contribution in [2.75, 3.05) is 0 Å². The molecule has 0 radical (unpaired) electrons. The minimum Gasteiger partial charge on any atom is -0.390 e. The van der Waals surface area contributed by atoms with Crippen LogP contribution in [0.15, 0.2) is 40.3 Å². The molecule has 0 aromatic heterocycles. The van der Waals surface area contributed by atoms with E-state index in [0.717, 1.165) is 36.8 Å². The van der Waals surface area contributed by atoms with E-state index in [1.807, 2.05) is 26.0 Å². The lowest BCUT2D eigenvalue weighted by molar-refractivity contribution is -0.0843. The summed E-state index contributed by atoms with van der Waals surface area (Å²) >= 11 is 0. The number of allylic oxidation sites excluding steroid dienone is 1.